The van der Waals surface area contributed by atoms with Gasteiger partial charge in [0.2, 0.25) is 0 Å². The molecule has 2 aromatic carbocycles. The maximum atomic E-state index is 13.9. The first-order valence-electron chi connectivity index (χ1n) is 8.24. The second kappa shape index (κ2) is 7.47. The molecule has 0 fully saturated rings. The molecule has 0 bridgehead atoms. The van der Waals surface area contributed by atoms with Crippen LogP contribution in [-0.2, 0) is 17.6 Å². The zero-order chi connectivity index (χ0) is 17.8. The van der Waals surface area contributed by atoms with Crippen LogP contribution in [0, 0.1) is 5.82 Å². The Kier molecular flexibility index (Phi) is 5.12. The van der Waals surface area contributed by atoms with Crippen molar-refractivity contribution in [3.8, 4) is 5.75 Å². The maximum absolute atomic E-state index is 13.9. The molecule has 0 aromatic heterocycles. The summed E-state index contributed by atoms with van der Waals surface area (Å²) >= 11 is 0. The number of aryl methyl sites for hydroxylation is 2. The van der Waals surface area contributed by atoms with Crippen LogP contribution in [0.25, 0.3) is 0 Å². The lowest BCUT2D eigenvalue weighted by molar-refractivity contribution is 0.0470. The number of esters is 1. The number of benzene rings is 2. The summed E-state index contributed by atoms with van der Waals surface area (Å²) in [6, 6.07) is 9.44. The van der Waals surface area contributed by atoms with Crippen LogP contribution in [0.4, 0.5) is 4.39 Å². The minimum Gasteiger partial charge on any atom is -0.497 e. The lowest BCUT2D eigenvalue weighted by Gasteiger charge is -2.16. The van der Waals surface area contributed by atoms with Gasteiger partial charge >= 0.3 is 5.97 Å². The van der Waals surface area contributed by atoms with Gasteiger partial charge in [0.1, 0.15) is 11.6 Å². The molecule has 0 heterocycles. The molecule has 5 heteroatoms. The van der Waals surface area contributed by atoms with Crippen molar-refractivity contribution in [2.24, 2.45) is 0 Å². The predicted molar refractivity (Wildman–Crippen MR) is 90.6 cm³/mol. The summed E-state index contributed by atoms with van der Waals surface area (Å²) in [6.45, 7) is -0.414. The van der Waals surface area contributed by atoms with Gasteiger partial charge in [0.15, 0.2) is 12.4 Å². The van der Waals surface area contributed by atoms with Crippen LogP contribution in [0.2, 0.25) is 0 Å². The molecule has 0 saturated heterocycles. The number of carbonyl (C=O) groups excluding carboxylic acids is 2. The second-order valence-electron chi connectivity index (χ2n) is 6.04. The summed E-state index contributed by atoms with van der Waals surface area (Å²) in [6.07, 6.45) is 4.30. The van der Waals surface area contributed by atoms with Crippen LogP contribution in [0.15, 0.2) is 36.4 Å². The number of Topliss-reactive ketones (excluding diaryl/α,β-unsaturated/α-hetero) is 1. The Morgan fingerprint density at radius 2 is 1.80 bits per heavy atom. The Hall–Kier alpha value is -2.69. The highest BCUT2D eigenvalue weighted by Crippen LogP contribution is 2.22. The number of halogens is 1. The van der Waals surface area contributed by atoms with Gasteiger partial charge in [0, 0.05) is 11.6 Å². The van der Waals surface area contributed by atoms with E-state index in [1.54, 1.807) is 6.07 Å². The smallest absolute Gasteiger partial charge is 0.341 e. The van der Waals surface area contributed by atoms with Gasteiger partial charge in [0.05, 0.1) is 12.7 Å². The molecular formula is C20H19FO4. The van der Waals surface area contributed by atoms with Crippen LogP contribution in [0.3, 0.4) is 0 Å². The number of fused-ring (bicyclic) bond motifs is 1. The monoisotopic (exact) mass is 342 g/mol. The fourth-order valence-electron chi connectivity index (χ4n) is 2.99. The summed E-state index contributed by atoms with van der Waals surface area (Å²) in [5.74, 6) is -1.60. The number of ketones is 1. The van der Waals surface area contributed by atoms with E-state index in [0.29, 0.717) is 11.3 Å². The minimum absolute atomic E-state index is 0.223. The van der Waals surface area contributed by atoms with E-state index in [0.717, 1.165) is 25.3 Å². The predicted octanol–water partition coefficient (Wildman–Crippen LogP) is 3.75. The summed E-state index contributed by atoms with van der Waals surface area (Å²) in [7, 11) is 1.41. The highest BCUT2D eigenvalue weighted by molar-refractivity contribution is 5.99. The van der Waals surface area contributed by atoms with Crippen LogP contribution >= 0.6 is 0 Å². The number of carbonyl (C=O) groups is 2. The lowest BCUT2D eigenvalue weighted by Crippen LogP contribution is -2.16. The Morgan fingerprint density at radius 1 is 1.04 bits per heavy atom. The van der Waals surface area contributed by atoms with Crippen LogP contribution in [0.1, 0.15) is 44.7 Å². The Balaban J connectivity index is 1.65. The van der Waals surface area contributed by atoms with Crippen LogP contribution in [0.5, 0.6) is 5.75 Å². The molecule has 0 aliphatic heterocycles. The van der Waals surface area contributed by atoms with Crippen molar-refractivity contribution in [2.45, 2.75) is 25.7 Å². The zero-order valence-corrected chi connectivity index (χ0v) is 14.0. The molecule has 2 aromatic rings. The van der Waals surface area contributed by atoms with Gasteiger partial charge < -0.3 is 9.47 Å². The van der Waals surface area contributed by atoms with Gasteiger partial charge in [-0.3, -0.25) is 4.79 Å². The van der Waals surface area contributed by atoms with Crippen molar-refractivity contribution in [1.82, 2.24) is 0 Å². The van der Waals surface area contributed by atoms with E-state index in [1.165, 1.54) is 36.8 Å². The van der Waals surface area contributed by atoms with Crippen molar-refractivity contribution >= 4 is 11.8 Å². The second-order valence-corrected chi connectivity index (χ2v) is 6.04. The molecule has 0 amide bonds. The first-order chi connectivity index (χ1) is 12.1. The van der Waals surface area contributed by atoms with E-state index in [-0.39, 0.29) is 11.3 Å². The average molecular weight is 342 g/mol. The highest BCUT2D eigenvalue weighted by atomic mass is 19.1. The average Bonchev–Trinajstić information content (AvgIpc) is 2.65. The standard InChI is InChI=1S/C20H19FO4/c1-24-16-8-9-17(18(21)11-16)20(23)25-12-19(22)15-7-6-13-4-2-3-5-14(13)10-15/h6-11H,2-5,12H2,1H3. The molecule has 0 unspecified atom stereocenters. The molecule has 0 radical (unpaired) electrons. The van der Waals surface area contributed by atoms with E-state index in [4.69, 9.17) is 9.47 Å². The molecule has 130 valence electrons. The normalized spacial score (nSPS) is 13.0. The molecular weight excluding hydrogens is 323 g/mol. The summed E-state index contributed by atoms with van der Waals surface area (Å²) < 4.78 is 23.7. The summed E-state index contributed by atoms with van der Waals surface area (Å²) in [4.78, 5) is 24.2. The van der Waals surface area contributed by atoms with Crippen LogP contribution < -0.4 is 4.74 Å². The Morgan fingerprint density at radius 3 is 2.52 bits per heavy atom. The third kappa shape index (κ3) is 3.87. The molecule has 25 heavy (non-hydrogen) atoms. The van der Waals surface area contributed by atoms with Gasteiger partial charge in [-0.2, -0.15) is 0 Å². The van der Waals surface area contributed by atoms with Gasteiger partial charge in [-0.05, 0) is 55.0 Å². The van der Waals surface area contributed by atoms with E-state index >= 15 is 0 Å². The molecule has 1 aliphatic rings. The van der Waals surface area contributed by atoms with E-state index in [9.17, 15) is 14.0 Å². The molecule has 0 spiro atoms. The number of rotatable bonds is 5. The molecule has 0 saturated carbocycles. The van der Waals surface area contributed by atoms with E-state index in [2.05, 4.69) is 0 Å². The lowest BCUT2D eigenvalue weighted by atomic mass is 9.90. The number of methoxy groups -OCH3 is 1. The number of hydrogen-bond acceptors (Lipinski definition) is 4. The van der Waals surface area contributed by atoms with E-state index in [1.807, 2.05) is 12.1 Å². The van der Waals surface area contributed by atoms with Gasteiger partial charge in [-0.15, -0.1) is 0 Å². The SMILES string of the molecule is COc1ccc(C(=O)OCC(=O)c2ccc3c(c2)CCCC3)c(F)c1. The van der Waals surface area contributed by atoms with Crippen molar-refractivity contribution in [1.29, 1.82) is 0 Å². The largest absolute Gasteiger partial charge is 0.497 e. The maximum Gasteiger partial charge on any atom is 0.341 e. The summed E-state index contributed by atoms with van der Waals surface area (Å²) in [5, 5.41) is 0. The molecule has 4 nitrogen and oxygen atoms in total. The topological polar surface area (TPSA) is 52.6 Å². The first-order valence-corrected chi connectivity index (χ1v) is 8.24. The van der Waals surface area contributed by atoms with Gasteiger partial charge in [-0.1, -0.05) is 12.1 Å². The quantitative estimate of drug-likeness (QED) is 0.613. The van der Waals surface area contributed by atoms with Gasteiger partial charge in [-0.25, -0.2) is 9.18 Å². The molecule has 0 atom stereocenters. The fraction of sp³-hybridized carbons (Fsp3) is 0.300. The zero-order valence-electron chi connectivity index (χ0n) is 14.0. The molecule has 1 aliphatic carbocycles. The number of hydrogen-bond donors (Lipinski definition) is 0. The van der Waals surface area contributed by atoms with Crippen LogP contribution in [-0.4, -0.2) is 25.5 Å². The minimum atomic E-state index is -0.869. The van der Waals surface area contributed by atoms with E-state index < -0.39 is 18.4 Å². The van der Waals surface area contributed by atoms with Crippen molar-refractivity contribution < 1.29 is 23.5 Å². The van der Waals surface area contributed by atoms with Crippen molar-refractivity contribution in [3.05, 3.63) is 64.5 Å². The van der Waals surface area contributed by atoms with Crippen molar-refractivity contribution in [3.63, 3.8) is 0 Å². The molecule has 0 N–H and O–H groups in total. The molecule has 3 rings (SSSR count). The highest BCUT2D eigenvalue weighted by Gasteiger charge is 2.17. The third-order valence-electron chi connectivity index (χ3n) is 4.40. The number of ether oxygens (including phenoxy) is 2. The fourth-order valence-corrected chi connectivity index (χ4v) is 2.99. The first kappa shape index (κ1) is 17.1. The van der Waals surface area contributed by atoms with Crippen molar-refractivity contribution in [2.75, 3.05) is 13.7 Å². The third-order valence-corrected chi connectivity index (χ3v) is 4.40. The van der Waals surface area contributed by atoms with Gasteiger partial charge in [0.25, 0.3) is 0 Å². The Bertz CT molecular complexity index is 813. The summed E-state index contributed by atoms with van der Waals surface area (Å²) in [5.41, 5.74) is 2.76. The Labute approximate surface area is 145 Å².